The molecule has 21 heavy (non-hydrogen) atoms. The number of aryl methyl sites for hydroxylation is 1. The van der Waals surface area contributed by atoms with Crippen molar-refractivity contribution in [3.8, 4) is 5.75 Å². The molecule has 1 aliphatic heterocycles. The van der Waals surface area contributed by atoms with Crippen LogP contribution in [0.5, 0.6) is 5.75 Å². The molecular weight excluding hydrogens is 270 g/mol. The van der Waals surface area contributed by atoms with Crippen molar-refractivity contribution in [2.45, 2.75) is 26.2 Å². The highest BCUT2D eigenvalue weighted by molar-refractivity contribution is 5.95. The van der Waals surface area contributed by atoms with E-state index in [4.69, 9.17) is 9.84 Å². The van der Waals surface area contributed by atoms with Gasteiger partial charge in [0.25, 0.3) is 5.91 Å². The summed E-state index contributed by atoms with van der Waals surface area (Å²) in [4.78, 5) is 24.9. The third-order valence-corrected chi connectivity index (χ3v) is 3.99. The van der Waals surface area contributed by atoms with Crippen molar-refractivity contribution in [2.75, 3.05) is 20.2 Å². The predicted octanol–water partition coefficient (Wildman–Crippen LogP) is 2.33. The predicted molar refractivity (Wildman–Crippen MR) is 78.6 cm³/mol. The number of aliphatic carboxylic acids is 1. The quantitative estimate of drug-likeness (QED) is 0.904. The van der Waals surface area contributed by atoms with Gasteiger partial charge in [0.15, 0.2) is 0 Å². The molecule has 1 N–H and O–H groups in total. The first-order valence-electron chi connectivity index (χ1n) is 7.17. The van der Waals surface area contributed by atoms with Crippen molar-refractivity contribution in [3.63, 3.8) is 0 Å². The van der Waals surface area contributed by atoms with E-state index in [-0.39, 0.29) is 18.2 Å². The summed E-state index contributed by atoms with van der Waals surface area (Å²) in [6.07, 6.45) is 1.68. The molecule has 114 valence electrons. The van der Waals surface area contributed by atoms with Crippen LogP contribution in [0.25, 0.3) is 0 Å². The fraction of sp³-hybridized carbons (Fsp3) is 0.500. The highest BCUT2D eigenvalue weighted by atomic mass is 16.5. The van der Waals surface area contributed by atoms with E-state index in [9.17, 15) is 9.59 Å². The number of hydrogen-bond acceptors (Lipinski definition) is 3. The lowest BCUT2D eigenvalue weighted by Gasteiger charge is -2.17. The molecule has 1 atom stereocenters. The van der Waals surface area contributed by atoms with Gasteiger partial charge in [0, 0.05) is 25.1 Å². The van der Waals surface area contributed by atoms with E-state index in [0.717, 1.165) is 12.0 Å². The molecule has 5 heteroatoms. The first-order valence-corrected chi connectivity index (χ1v) is 7.17. The maximum atomic E-state index is 12.5. The summed E-state index contributed by atoms with van der Waals surface area (Å²) in [6, 6.07) is 5.46. The summed E-state index contributed by atoms with van der Waals surface area (Å²) in [7, 11) is 1.59. The molecule has 0 bridgehead atoms. The number of carbonyl (C=O) groups excluding carboxylic acids is 1. The smallest absolute Gasteiger partial charge is 0.303 e. The zero-order valence-electron chi connectivity index (χ0n) is 12.5. The number of amides is 1. The van der Waals surface area contributed by atoms with Gasteiger partial charge in [-0.2, -0.15) is 0 Å². The van der Waals surface area contributed by atoms with Gasteiger partial charge in [0.2, 0.25) is 0 Å². The number of carbonyl (C=O) groups is 2. The number of carboxylic acids is 1. The van der Waals surface area contributed by atoms with Crippen molar-refractivity contribution >= 4 is 11.9 Å². The fourth-order valence-electron chi connectivity index (χ4n) is 2.72. The van der Waals surface area contributed by atoms with Crippen LogP contribution < -0.4 is 4.74 Å². The molecule has 5 nitrogen and oxygen atoms in total. The third-order valence-electron chi connectivity index (χ3n) is 3.99. The largest absolute Gasteiger partial charge is 0.496 e. The fourth-order valence-corrected chi connectivity index (χ4v) is 2.72. The summed E-state index contributed by atoms with van der Waals surface area (Å²) in [6.45, 7) is 3.27. The Morgan fingerprint density at radius 1 is 1.43 bits per heavy atom. The Morgan fingerprint density at radius 2 is 2.19 bits per heavy atom. The monoisotopic (exact) mass is 291 g/mol. The normalized spacial score (nSPS) is 17.8. The van der Waals surface area contributed by atoms with Crippen LogP contribution in [0.1, 0.15) is 35.2 Å². The van der Waals surface area contributed by atoms with E-state index >= 15 is 0 Å². The van der Waals surface area contributed by atoms with Gasteiger partial charge in [-0.25, -0.2) is 0 Å². The lowest BCUT2D eigenvalue weighted by atomic mass is 10.0. The number of nitrogens with zero attached hydrogens (tertiary/aromatic N) is 1. The third kappa shape index (κ3) is 3.74. The minimum atomic E-state index is -0.775. The molecule has 0 aromatic heterocycles. The van der Waals surface area contributed by atoms with Crippen LogP contribution in [0.3, 0.4) is 0 Å². The van der Waals surface area contributed by atoms with Gasteiger partial charge < -0.3 is 14.7 Å². The maximum Gasteiger partial charge on any atom is 0.303 e. The molecule has 0 spiro atoms. The molecule has 2 rings (SSSR count). The minimum Gasteiger partial charge on any atom is -0.496 e. The lowest BCUT2D eigenvalue weighted by molar-refractivity contribution is -0.137. The van der Waals surface area contributed by atoms with Crippen LogP contribution in [-0.4, -0.2) is 42.1 Å². The van der Waals surface area contributed by atoms with E-state index in [1.54, 1.807) is 18.1 Å². The molecule has 1 amide bonds. The maximum absolute atomic E-state index is 12.5. The van der Waals surface area contributed by atoms with Gasteiger partial charge in [-0.05, 0) is 43.4 Å². The Balaban J connectivity index is 1.99. The standard InChI is InChI=1S/C16H21NO4/c1-11-3-5-13(9-14(11)21-2)16(20)17-8-7-12(10-17)4-6-15(18)19/h3,5,9,12H,4,6-8,10H2,1-2H3,(H,18,19). The van der Waals surface area contributed by atoms with Crippen molar-refractivity contribution in [1.82, 2.24) is 4.90 Å². The van der Waals surface area contributed by atoms with E-state index in [2.05, 4.69) is 0 Å². The van der Waals surface area contributed by atoms with Gasteiger partial charge in [-0.1, -0.05) is 6.07 Å². The zero-order chi connectivity index (χ0) is 15.4. The number of ether oxygens (including phenoxy) is 1. The van der Waals surface area contributed by atoms with Crippen molar-refractivity contribution < 1.29 is 19.4 Å². The van der Waals surface area contributed by atoms with Crippen LogP contribution >= 0.6 is 0 Å². The topological polar surface area (TPSA) is 66.8 Å². The van der Waals surface area contributed by atoms with Gasteiger partial charge in [0.05, 0.1) is 7.11 Å². The number of methoxy groups -OCH3 is 1. The molecule has 1 aromatic carbocycles. The lowest BCUT2D eigenvalue weighted by Crippen LogP contribution is -2.28. The Kier molecular flexibility index (Phi) is 4.83. The molecule has 0 saturated carbocycles. The van der Waals surface area contributed by atoms with Crippen LogP contribution in [0.15, 0.2) is 18.2 Å². The molecule has 0 radical (unpaired) electrons. The second kappa shape index (κ2) is 6.61. The summed E-state index contributed by atoms with van der Waals surface area (Å²) < 4.78 is 5.25. The average molecular weight is 291 g/mol. The van der Waals surface area contributed by atoms with Gasteiger partial charge in [-0.15, -0.1) is 0 Å². The number of benzene rings is 1. The molecule has 1 fully saturated rings. The number of carboxylic acid groups (broad SMARTS) is 1. The number of rotatable bonds is 5. The summed E-state index contributed by atoms with van der Waals surface area (Å²) in [5.74, 6) is 0.217. The Morgan fingerprint density at radius 3 is 2.86 bits per heavy atom. The Hall–Kier alpha value is -2.04. The van der Waals surface area contributed by atoms with E-state index in [0.29, 0.717) is 30.8 Å². The minimum absolute atomic E-state index is 0.00822. The molecular formula is C16H21NO4. The van der Waals surface area contributed by atoms with E-state index < -0.39 is 5.97 Å². The van der Waals surface area contributed by atoms with Gasteiger partial charge in [-0.3, -0.25) is 9.59 Å². The number of likely N-dealkylation sites (tertiary alicyclic amines) is 1. The highest BCUT2D eigenvalue weighted by Gasteiger charge is 2.27. The number of hydrogen-bond donors (Lipinski definition) is 1. The van der Waals surface area contributed by atoms with Crippen molar-refractivity contribution in [3.05, 3.63) is 29.3 Å². The second-order valence-corrected chi connectivity index (χ2v) is 5.52. The Labute approximate surface area is 124 Å². The molecule has 1 aromatic rings. The van der Waals surface area contributed by atoms with Gasteiger partial charge >= 0.3 is 5.97 Å². The SMILES string of the molecule is COc1cc(C(=O)N2CCC(CCC(=O)O)C2)ccc1C. The first kappa shape index (κ1) is 15.4. The molecule has 1 heterocycles. The van der Waals surface area contributed by atoms with E-state index in [1.807, 2.05) is 19.1 Å². The second-order valence-electron chi connectivity index (χ2n) is 5.52. The van der Waals surface area contributed by atoms with Crippen molar-refractivity contribution in [1.29, 1.82) is 0 Å². The van der Waals surface area contributed by atoms with E-state index in [1.165, 1.54) is 0 Å². The average Bonchev–Trinajstić information content (AvgIpc) is 2.93. The highest BCUT2D eigenvalue weighted by Crippen LogP contribution is 2.25. The van der Waals surface area contributed by atoms with Crippen molar-refractivity contribution in [2.24, 2.45) is 5.92 Å². The summed E-state index contributed by atoms with van der Waals surface area (Å²) in [5, 5.41) is 8.72. The summed E-state index contributed by atoms with van der Waals surface area (Å²) in [5.41, 5.74) is 1.62. The molecule has 0 aliphatic carbocycles. The molecule has 1 unspecified atom stereocenters. The van der Waals surface area contributed by atoms with Crippen LogP contribution in [0.4, 0.5) is 0 Å². The summed E-state index contributed by atoms with van der Waals surface area (Å²) >= 11 is 0. The zero-order valence-corrected chi connectivity index (χ0v) is 12.5. The Bertz CT molecular complexity index is 541. The molecule has 1 saturated heterocycles. The molecule has 1 aliphatic rings. The van der Waals surface area contributed by atoms with Crippen LogP contribution in [0.2, 0.25) is 0 Å². The van der Waals surface area contributed by atoms with Gasteiger partial charge in [0.1, 0.15) is 5.75 Å². The van der Waals surface area contributed by atoms with Crippen LogP contribution in [0, 0.1) is 12.8 Å². The first-order chi connectivity index (χ1) is 10.0. The van der Waals surface area contributed by atoms with Crippen LogP contribution in [-0.2, 0) is 4.79 Å².